The molecule has 3 rings (SSSR count). The summed E-state index contributed by atoms with van der Waals surface area (Å²) >= 11 is 1.26. The number of thioether (sulfide) groups is 1. The van der Waals surface area contributed by atoms with Gasteiger partial charge in [0.05, 0.1) is 19.4 Å². The van der Waals surface area contributed by atoms with Gasteiger partial charge in [0.2, 0.25) is 5.91 Å². The summed E-state index contributed by atoms with van der Waals surface area (Å²) < 4.78 is 16.4. The molecule has 0 spiro atoms. The average molecular weight is 358 g/mol. The lowest BCUT2D eigenvalue weighted by molar-refractivity contribution is -0.118. The first kappa shape index (κ1) is 17.2. The molecule has 0 saturated carbocycles. The molecule has 7 heteroatoms. The van der Waals surface area contributed by atoms with E-state index in [1.165, 1.54) is 11.8 Å². The largest absolute Gasteiger partial charge is 0.493 e. The molecule has 1 aromatic heterocycles. The van der Waals surface area contributed by atoms with E-state index in [0.29, 0.717) is 29.9 Å². The van der Waals surface area contributed by atoms with Crippen LogP contribution in [0.4, 0.5) is 0 Å². The molecule has 0 fully saturated rings. The highest BCUT2D eigenvalue weighted by atomic mass is 32.2. The van der Waals surface area contributed by atoms with Crippen molar-refractivity contribution in [2.45, 2.75) is 5.22 Å². The first-order valence-electron chi connectivity index (χ1n) is 7.77. The zero-order chi connectivity index (χ0) is 17.5. The minimum absolute atomic E-state index is 0.101. The third-order valence-electron chi connectivity index (χ3n) is 3.35. The van der Waals surface area contributed by atoms with Crippen molar-refractivity contribution in [2.24, 2.45) is 0 Å². The number of aromatic nitrogens is 1. The normalized spacial score (nSPS) is 10.6. The number of oxazole rings is 1. The van der Waals surface area contributed by atoms with Crippen molar-refractivity contribution in [3.8, 4) is 11.5 Å². The van der Waals surface area contributed by atoms with Gasteiger partial charge < -0.3 is 19.2 Å². The first-order valence-corrected chi connectivity index (χ1v) is 8.75. The monoisotopic (exact) mass is 358 g/mol. The average Bonchev–Trinajstić information content (AvgIpc) is 3.07. The number of methoxy groups -OCH3 is 1. The van der Waals surface area contributed by atoms with Crippen molar-refractivity contribution < 1.29 is 18.7 Å². The Bertz CT molecular complexity index is 817. The van der Waals surface area contributed by atoms with Crippen LogP contribution in [0.15, 0.2) is 58.2 Å². The molecular weight excluding hydrogens is 340 g/mol. The van der Waals surface area contributed by atoms with Crippen LogP contribution in [0.2, 0.25) is 0 Å². The summed E-state index contributed by atoms with van der Waals surface area (Å²) in [6.07, 6.45) is 0. The van der Waals surface area contributed by atoms with E-state index < -0.39 is 0 Å². The van der Waals surface area contributed by atoms with Gasteiger partial charge in [-0.15, -0.1) is 0 Å². The Balaban J connectivity index is 1.39. The number of para-hydroxylation sites is 4. The molecule has 2 aromatic carbocycles. The van der Waals surface area contributed by atoms with Gasteiger partial charge in [-0.3, -0.25) is 4.79 Å². The van der Waals surface area contributed by atoms with Crippen molar-refractivity contribution in [1.29, 1.82) is 0 Å². The van der Waals surface area contributed by atoms with Crippen molar-refractivity contribution in [3.05, 3.63) is 48.5 Å². The molecule has 1 N–H and O–H groups in total. The number of carbonyl (C=O) groups is 1. The second kappa shape index (κ2) is 8.43. The van der Waals surface area contributed by atoms with Gasteiger partial charge in [-0.25, -0.2) is 4.98 Å². The van der Waals surface area contributed by atoms with Gasteiger partial charge in [0.25, 0.3) is 5.22 Å². The van der Waals surface area contributed by atoms with Crippen LogP contribution in [0.3, 0.4) is 0 Å². The Hall–Kier alpha value is -2.67. The van der Waals surface area contributed by atoms with E-state index in [2.05, 4.69) is 10.3 Å². The highest BCUT2D eigenvalue weighted by Crippen LogP contribution is 2.25. The van der Waals surface area contributed by atoms with Crippen LogP contribution in [0.25, 0.3) is 11.1 Å². The number of rotatable bonds is 8. The Kier molecular flexibility index (Phi) is 5.79. The van der Waals surface area contributed by atoms with Gasteiger partial charge in [-0.2, -0.15) is 0 Å². The van der Waals surface area contributed by atoms with Gasteiger partial charge in [0, 0.05) is 0 Å². The molecule has 0 bridgehead atoms. The molecule has 25 heavy (non-hydrogen) atoms. The number of fused-ring (bicyclic) bond motifs is 1. The van der Waals surface area contributed by atoms with Crippen LogP contribution in [0.5, 0.6) is 11.5 Å². The lowest BCUT2D eigenvalue weighted by Crippen LogP contribution is -2.29. The van der Waals surface area contributed by atoms with Crippen molar-refractivity contribution in [3.63, 3.8) is 0 Å². The molecule has 0 saturated heterocycles. The number of benzene rings is 2. The second-order valence-corrected chi connectivity index (χ2v) is 6.01. The molecule has 0 aliphatic heterocycles. The molecule has 6 nitrogen and oxygen atoms in total. The number of hydrogen-bond acceptors (Lipinski definition) is 6. The lowest BCUT2D eigenvalue weighted by atomic mass is 10.3. The predicted molar refractivity (Wildman–Crippen MR) is 96.2 cm³/mol. The molecule has 130 valence electrons. The van der Waals surface area contributed by atoms with Crippen molar-refractivity contribution in [1.82, 2.24) is 10.3 Å². The Morgan fingerprint density at radius 2 is 1.92 bits per heavy atom. The third-order valence-corrected chi connectivity index (χ3v) is 4.18. The van der Waals surface area contributed by atoms with E-state index in [1.54, 1.807) is 7.11 Å². The summed E-state index contributed by atoms with van der Waals surface area (Å²) in [6.45, 7) is 0.769. The summed E-state index contributed by atoms with van der Waals surface area (Å²) in [5.41, 5.74) is 1.51. The smallest absolute Gasteiger partial charge is 0.257 e. The van der Waals surface area contributed by atoms with Crippen molar-refractivity contribution >= 4 is 28.8 Å². The highest BCUT2D eigenvalue weighted by Gasteiger charge is 2.09. The number of amides is 1. The van der Waals surface area contributed by atoms with Crippen LogP contribution < -0.4 is 14.8 Å². The van der Waals surface area contributed by atoms with Gasteiger partial charge in [0.15, 0.2) is 17.1 Å². The van der Waals surface area contributed by atoms with Gasteiger partial charge in [-0.05, 0) is 24.3 Å². The number of nitrogens with one attached hydrogen (secondary N) is 1. The van der Waals surface area contributed by atoms with Crippen LogP contribution in [0, 0.1) is 0 Å². The molecule has 0 aliphatic carbocycles. The van der Waals surface area contributed by atoms with Crippen LogP contribution in [0.1, 0.15) is 0 Å². The quantitative estimate of drug-likeness (QED) is 0.493. The van der Waals surface area contributed by atoms with E-state index >= 15 is 0 Å². The summed E-state index contributed by atoms with van der Waals surface area (Å²) in [7, 11) is 1.59. The van der Waals surface area contributed by atoms with Gasteiger partial charge >= 0.3 is 0 Å². The Morgan fingerprint density at radius 1 is 1.16 bits per heavy atom. The van der Waals surface area contributed by atoms with Crippen LogP contribution in [-0.2, 0) is 4.79 Å². The highest BCUT2D eigenvalue weighted by molar-refractivity contribution is 7.99. The fraction of sp³-hybridized carbons (Fsp3) is 0.222. The summed E-state index contributed by atoms with van der Waals surface area (Å²) in [6, 6.07) is 14.9. The fourth-order valence-electron chi connectivity index (χ4n) is 2.18. The third kappa shape index (κ3) is 4.67. The molecular formula is C18H18N2O4S. The first-order chi connectivity index (χ1) is 12.3. The van der Waals surface area contributed by atoms with Gasteiger partial charge in [-0.1, -0.05) is 36.0 Å². The zero-order valence-electron chi connectivity index (χ0n) is 13.7. The number of hydrogen-bond donors (Lipinski definition) is 1. The molecule has 0 radical (unpaired) electrons. The van der Waals surface area contributed by atoms with E-state index in [1.807, 2.05) is 48.5 Å². The second-order valence-electron chi connectivity index (χ2n) is 5.09. The topological polar surface area (TPSA) is 73.6 Å². The lowest BCUT2D eigenvalue weighted by Gasteiger charge is -2.10. The molecule has 0 unspecified atom stereocenters. The molecule has 3 aromatic rings. The minimum atomic E-state index is -0.101. The molecule has 0 aliphatic rings. The van der Waals surface area contributed by atoms with Crippen LogP contribution >= 0.6 is 11.8 Å². The summed E-state index contributed by atoms with van der Waals surface area (Å²) in [5, 5.41) is 3.29. The SMILES string of the molecule is COc1ccccc1OCCNC(=O)CSc1nc2ccccc2o1. The zero-order valence-corrected chi connectivity index (χ0v) is 14.5. The maximum Gasteiger partial charge on any atom is 0.257 e. The maximum absolute atomic E-state index is 11.9. The predicted octanol–water partition coefficient (Wildman–Crippen LogP) is 3.12. The summed E-state index contributed by atoms with van der Waals surface area (Å²) in [4.78, 5) is 16.2. The van der Waals surface area contributed by atoms with E-state index in [9.17, 15) is 4.79 Å². The number of carbonyl (C=O) groups excluding carboxylic acids is 1. The summed E-state index contributed by atoms with van der Waals surface area (Å²) in [5.74, 6) is 1.46. The molecule has 1 amide bonds. The number of nitrogens with zero attached hydrogens (tertiary/aromatic N) is 1. The number of ether oxygens (including phenoxy) is 2. The molecule has 1 heterocycles. The van der Waals surface area contributed by atoms with E-state index in [4.69, 9.17) is 13.9 Å². The van der Waals surface area contributed by atoms with Crippen molar-refractivity contribution in [2.75, 3.05) is 26.0 Å². The van der Waals surface area contributed by atoms with E-state index in [0.717, 1.165) is 11.1 Å². The van der Waals surface area contributed by atoms with E-state index in [-0.39, 0.29) is 11.7 Å². The standard InChI is InChI=1S/C18H18N2O4S/c1-22-15-8-4-5-9-16(15)23-11-10-19-17(21)12-25-18-20-13-6-2-3-7-14(13)24-18/h2-9H,10-12H2,1H3,(H,19,21). The molecule has 0 atom stereocenters. The van der Waals surface area contributed by atoms with Gasteiger partial charge in [0.1, 0.15) is 12.1 Å². The fourth-order valence-corrected chi connectivity index (χ4v) is 2.85. The Labute approximate surface area is 149 Å². The Morgan fingerprint density at radius 3 is 2.72 bits per heavy atom. The van der Waals surface area contributed by atoms with Crippen LogP contribution in [-0.4, -0.2) is 36.9 Å². The maximum atomic E-state index is 11.9. The minimum Gasteiger partial charge on any atom is -0.493 e.